The van der Waals surface area contributed by atoms with Crippen LogP contribution in [0.15, 0.2) is 18.2 Å². The van der Waals surface area contributed by atoms with Crippen molar-refractivity contribution in [2.75, 3.05) is 45.4 Å². The quantitative estimate of drug-likeness (QED) is 0.800. The molecule has 0 saturated heterocycles. The lowest BCUT2D eigenvalue weighted by atomic mass is 10.1. The standard InChI is InChI=1S/C14H21F3N2O2/c1-20-7-5-19(6-8-21-2)13-4-3-11(10-18)9-12(13)14(15,16)17/h3-4,9H,5-8,10,18H2,1-2H3. The Labute approximate surface area is 122 Å². The summed E-state index contributed by atoms with van der Waals surface area (Å²) in [5, 5.41) is 0. The third kappa shape index (κ3) is 5.18. The average Bonchev–Trinajstić information content (AvgIpc) is 2.46. The van der Waals surface area contributed by atoms with Crippen molar-refractivity contribution in [3.8, 4) is 0 Å². The number of hydrogen-bond donors (Lipinski definition) is 1. The number of alkyl halides is 3. The van der Waals surface area contributed by atoms with Crippen LogP contribution in [0.1, 0.15) is 11.1 Å². The van der Waals surface area contributed by atoms with E-state index in [0.29, 0.717) is 31.9 Å². The van der Waals surface area contributed by atoms with Crippen LogP contribution in [-0.4, -0.2) is 40.5 Å². The third-order valence-corrected chi connectivity index (χ3v) is 3.07. The third-order valence-electron chi connectivity index (χ3n) is 3.07. The SMILES string of the molecule is COCCN(CCOC)c1ccc(CN)cc1C(F)(F)F. The first kappa shape index (κ1) is 17.7. The molecule has 0 amide bonds. The topological polar surface area (TPSA) is 47.7 Å². The summed E-state index contributed by atoms with van der Waals surface area (Å²) in [4.78, 5) is 1.61. The monoisotopic (exact) mass is 306 g/mol. The highest BCUT2D eigenvalue weighted by atomic mass is 19.4. The van der Waals surface area contributed by atoms with Crippen LogP contribution in [-0.2, 0) is 22.2 Å². The van der Waals surface area contributed by atoms with Crippen LogP contribution in [0.4, 0.5) is 18.9 Å². The molecule has 0 aliphatic heterocycles. The van der Waals surface area contributed by atoms with Crippen molar-refractivity contribution >= 4 is 5.69 Å². The first-order valence-corrected chi connectivity index (χ1v) is 6.57. The lowest BCUT2D eigenvalue weighted by Crippen LogP contribution is -2.32. The molecule has 0 bridgehead atoms. The molecule has 120 valence electrons. The van der Waals surface area contributed by atoms with Gasteiger partial charge < -0.3 is 20.1 Å². The molecule has 1 aromatic carbocycles. The fraction of sp³-hybridized carbons (Fsp3) is 0.571. The van der Waals surface area contributed by atoms with Gasteiger partial charge in [-0.15, -0.1) is 0 Å². The van der Waals surface area contributed by atoms with Crippen LogP contribution < -0.4 is 10.6 Å². The van der Waals surface area contributed by atoms with Gasteiger partial charge >= 0.3 is 6.18 Å². The highest BCUT2D eigenvalue weighted by Crippen LogP contribution is 2.37. The molecule has 0 fully saturated rings. The number of nitrogens with zero attached hydrogens (tertiary/aromatic N) is 1. The number of rotatable bonds is 8. The lowest BCUT2D eigenvalue weighted by Gasteiger charge is -2.27. The van der Waals surface area contributed by atoms with Gasteiger partial charge in [-0.2, -0.15) is 13.2 Å². The molecule has 0 unspecified atom stereocenters. The van der Waals surface area contributed by atoms with Crippen LogP contribution in [0.5, 0.6) is 0 Å². The summed E-state index contributed by atoms with van der Waals surface area (Å²) in [6.07, 6.45) is -4.43. The van der Waals surface area contributed by atoms with Gasteiger partial charge in [-0.25, -0.2) is 0 Å². The second-order valence-corrected chi connectivity index (χ2v) is 4.53. The van der Waals surface area contributed by atoms with E-state index in [1.807, 2.05) is 0 Å². The second-order valence-electron chi connectivity index (χ2n) is 4.53. The van der Waals surface area contributed by atoms with E-state index in [-0.39, 0.29) is 12.2 Å². The molecule has 7 heteroatoms. The van der Waals surface area contributed by atoms with Crippen LogP contribution in [0.3, 0.4) is 0 Å². The first-order valence-electron chi connectivity index (χ1n) is 6.57. The summed E-state index contributed by atoms with van der Waals surface area (Å²) in [6.45, 7) is 1.44. The minimum Gasteiger partial charge on any atom is -0.383 e. The van der Waals surface area contributed by atoms with Crippen molar-refractivity contribution in [1.29, 1.82) is 0 Å². The zero-order valence-electron chi connectivity index (χ0n) is 12.2. The average molecular weight is 306 g/mol. The Kier molecular flexibility index (Phi) is 6.94. The predicted molar refractivity (Wildman–Crippen MR) is 75.3 cm³/mol. The van der Waals surface area contributed by atoms with E-state index in [0.717, 1.165) is 6.07 Å². The van der Waals surface area contributed by atoms with Crippen molar-refractivity contribution in [3.05, 3.63) is 29.3 Å². The molecule has 0 atom stereocenters. The maximum absolute atomic E-state index is 13.2. The van der Waals surface area contributed by atoms with Gasteiger partial charge in [-0.05, 0) is 17.7 Å². The largest absolute Gasteiger partial charge is 0.418 e. The van der Waals surface area contributed by atoms with Gasteiger partial charge in [0.2, 0.25) is 0 Å². The summed E-state index contributed by atoms with van der Waals surface area (Å²) in [6, 6.07) is 4.16. The van der Waals surface area contributed by atoms with Crippen molar-refractivity contribution < 1.29 is 22.6 Å². The Morgan fingerprint density at radius 3 is 2.10 bits per heavy atom. The van der Waals surface area contributed by atoms with E-state index >= 15 is 0 Å². The van der Waals surface area contributed by atoms with E-state index in [9.17, 15) is 13.2 Å². The summed E-state index contributed by atoms with van der Waals surface area (Å²) in [5.41, 5.74) is 5.31. The molecule has 0 heterocycles. The van der Waals surface area contributed by atoms with Crippen LogP contribution in [0, 0.1) is 0 Å². The number of hydrogen-bond acceptors (Lipinski definition) is 4. The Bertz CT molecular complexity index is 431. The van der Waals surface area contributed by atoms with Gasteiger partial charge in [0.1, 0.15) is 0 Å². The number of anilines is 1. The first-order chi connectivity index (χ1) is 9.93. The minimum absolute atomic E-state index is 0.0690. The fourth-order valence-electron chi connectivity index (χ4n) is 1.97. The number of halogens is 3. The number of benzene rings is 1. The highest BCUT2D eigenvalue weighted by molar-refractivity contribution is 5.56. The van der Waals surface area contributed by atoms with Gasteiger partial charge in [-0.3, -0.25) is 0 Å². The van der Waals surface area contributed by atoms with Gasteiger partial charge in [-0.1, -0.05) is 6.07 Å². The fourth-order valence-corrected chi connectivity index (χ4v) is 1.97. The van der Waals surface area contributed by atoms with E-state index in [2.05, 4.69) is 0 Å². The Balaban J connectivity index is 3.15. The van der Waals surface area contributed by atoms with Gasteiger partial charge in [0.15, 0.2) is 0 Å². The molecule has 0 aliphatic rings. The Morgan fingerprint density at radius 1 is 1.10 bits per heavy atom. The molecule has 1 aromatic rings. The Hall–Kier alpha value is -1.31. The second kappa shape index (κ2) is 8.21. The van der Waals surface area contributed by atoms with Crippen molar-refractivity contribution in [2.24, 2.45) is 5.73 Å². The molecule has 0 aromatic heterocycles. The van der Waals surface area contributed by atoms with Crippen molar-refractivity contribution in [3.63, 3.8) is 0 Å². The van der Waals surface area contributed by atoms with Crippen LogP contribution >= 0.6 is 0 Å². The van der Waals surface area contributed by atoms with Crippen molar-refractivity contribution in [1.82, 2.24) is 0 Å². The Morgan fingerprint density at radius 2 is 1.67 bits per heavy atom. The smallest absolute Gasteiger partial charge is 0.383 e. The van der Waals surface area contributed by atoms with E-state index < -0.39 is 11.7 Å². The minimum atomic E-state index is -4.43. The molecule has 1 rings (SSSR count). The van der Waals surface area contributed by atoms with E-state index in [4.69, 9.17) is 15.2 Å². The number of nitrogens with two attached hydrogens (primary N) is 1. The molecule has 0 spiro atoms. The molecular formula is C14H21F3N2O2. The maximum Gasteiger partial charge on any atom is 0.418 e. The van der Waals surface area contributed by atoms with Gasteiger partial charge in [0, 0.05) is 39.5 Å². The van der Waals surface area contributed by atoms with Gasteiger partial charge in [0.05, 0.1) is 18.8 Å². The zero-order chi connectivity index (χ0) is 15.9. The van der Waals surface area contributed by atoms with Crippen LogP contribution in [0.25, 0.3) is 0 Å². The summed E-state index contributed by atoms with van der Waals surface area (Å²) >= 11 is 0. The molecular weight excluding hydrogens is 285 g/mol. The predicted octanol–water partition coefficient (Wildman–Crippen LogP) is 2.26. The lowest BCUT2D eigenvalue weighted by molar-refractivity contribution is -0.137. The molecule has 2 N–H and O–H groups in total. The summed E-state index contributed by atoms with van der Waals surface area (Å²) < 4.78 is 49.6. The number of methoxy groups -OCH3 is 2. The summed E-state index contributed by atoms with van der Waals surface area (Å²) in [5.74, 6) is 0. The highest BCUT2D eigenvalue weighted by Gasteiger charge is 2.35. The zero-order valence-corrected chi connectivity index (χ0v) is 12.2. The maximum atomic E-state index is 13.2. The molecule has 0 aliphatic carbocycles. The van der Waals surface area contributed by atoms with E-state index in [1.165, 1.54) is 20.3 Å². The number of ether oxygens (including phenoxy) is 2. The summed E-state index contributed by atoms with van der Waals surface area (Å²) in [7, 11) is 3.02. The molecule has 0 saturated carbocycles. The molecule has 0 radical (unpaired) electrons. The normalized spacial score (nSPS) is 11.7. The molecule has 21 heavy (non-hydrogen) atoms. The van der Waals surface area contributed by atoms with Crippen molar-refractivity contribution in [2.45, 2.75) is 12.7 Å². The molecule has 4 nitrogen and oxygen atoms in total. The van der Waals surface area contributed by atoms with E-state index in [1.54, 1.807) is 11.0 Å². The van der Waals surface area contributed by atoms with Gasteiger partial charge in [0.25, 0.3) is 0 Å². The van der Waals surface area contributed by atoms with Crippen LogP contribution in [0.2, 0.25) is 0 Å².